The smallest absolute Gasteiger partial charge is 0.407 e. The Kier molecular flexibility index (Phi) is 8.95. The Labute approximate surface area is 202 Å². The van der Waals surface area contributed by atoms with Crippen molar-refractivity contribution in [2.45, 2.75) is 19.3 Å². The molecule has 3 rings (SSSR count). The molecule has 34 heavy (non-hydrogen) atoms. The molecule has 0 radical (unpaired) electrons. The van der Waals surface area contributed by atoms with Crippen LogP contribution in [0.25, 0.3) is 11.3 Å². The number of ether oxygens (including phenoxy) is 1. The number of aromatic nitrogens is 2. The van der Waals surface area contributed by atoms with Crippen molar-refractivity contribution in [2.24, 2.45) is 0 Å². The molecular weight excluding hydrogens is 459 g/mol. The maximum atomic E-state index is 14.9. The van der Waals surface area contributed by atoms with Gasteiger partial charge in [0.1, 0.15) is 12.4 Å². The van der Waals surface area contributed by atoms with E-state index in [4.69, 9.17) is 21.4 Å². The summed E-state index contributed by atoms with van der Waals surface area (Å²) >= 11 is 6.30. The number of nitrogens with zero attached hydrogens (tertiary/aromatic N) is 2. The van der Waals surface area contributed by atoms with Crippen molar-refractivity contribution in [3.05, 3.63) is 83.3 Å². The number of carbonyl (C=O) groups is 1. The number of rotatable bonds is 10. The highest BCUT2D eigenvalue weighted by molar-refractivity contribution is 6.32. The van der Waals surface area contributed by atoms with Crippen molar-refractivity contribution >= 4 is 29.3 Å². The molecule has 1 heterocycles. The Bertz CT molecular complexity index is 1140. The van der Waals surface area contributed by atoms with Crippen LogP contribution in [0.1, 0.15) is 24.0 Å². The van der Waals surface area contributed by atoms with Crippen LogP contribution in [0.4, 0.5) is 20.8 Å². The Morgan fingerprint density at radius 1 is 1.29 bits per heavy atom. The van der Waals surface area contributed by atoms with Crippen molar-refractivity contribution in [1.82, 2.24) is 15.3 Å². The van der Waals surface area contributed by atoms with E-state index in [0.717, 1.165) is 11.3 Å². The number of carbonyl (C=O) groups excluding carboxylic acids is 1. The van der Waals surface area contributed by atoms with Gasteiger partial charge in [0.05, 0.1) is 16.9 Å². The van der Waals surface area contributed by atoms with Gasteiger partial charge in [0.25, 0.3) is 0 Å². The van der Waals surface area contributed by atoms with Crippen LogP contribution in [-0.4, -0.2) is 40.9 Å². The van der Waals surface area contributed by atoms with Gasteiger partial charge in [0.15, 0.2) is 0 Å². The predicted octanol–water partition coefficient (Wildman–Crippen LogP) is 5.23. The second-order valence-corrected chi connectivity index (χ2v) is 8.00. The van der Waals surface area contributed by atoms with Crippen LogP contribution < -0.4 is 10.6 Å². The van der Waals surface area contributed by atoms with E-state index in [2.05, 4.69) is 27.2 Å². The molecule has 7 nitrogen and oxygen atoms in total. The second kappa shape index (κ2) is 12.1. The number of aliphatic hydroxyl groups is 1. The van der Waals surface area contributed by atoms with Crippen molar-refractivity contribution in [1.29, 1.82) is 0 Å². The van der Waals surface area contributed by atoms with Gasteiger partial charge in [-0.1, -0.05) is 55.4 Å². The van der Waals surface area contributed by atoms with E-state index in [1.54, 1.807) is 19.1 Å². The maximum Gasteiger partial charge on any atom is 0.407 e. The molecule has 1 amide bonds. The van der Waals surface area contributed by atoms with E-state index in [9.17, 15) is 9.18 Å². The topological polar surface area (TPSA) is 96.4 Å². The van der Waals surface area contributed by atoms with Gasteiger partial charge in [-0.2, -0.15) is 0 Å². The zero-order valence-corrected chi connectivity index (χ0v) is 19.5. The first-order valence-corrected chi connectivity index (χ1v) is 11.1. The van der Waals surface area contributed by atoms with E-state index in [1.807, 2.05) is 24.3 Å². The molecular formula is C25H26ClFN4O3. The van der Waals surface area contributed by atoms with E-state index in [0.29, 0.717) is 29.2 Å². The number of anilines is 2. The monoisotopic (exact) mass is 484 g/mol. The highest BCUT2D eigenvalue weighted by Gasteiger charge is 2.16. The molecule has 0 saturated carbocycles. The number of alkyl carbamates (subject to hydrolysis) is 1. The third-order valence-corrected chi connectivity index (χ3v) is 5.32. The minimum atomic E-state index is -0.584. The van der Waals surface area contributed by atoms with Crippen LogP contribution >= 0.6 is 11.6 Å². The molecule has 0 aliphatic heterocycles. The number of hydrogen-bond donors (Lipinski definition) is 3. The Hall–Kier alpha value is -3.49. The summed E-state index contributed by atoms with van der Waals surface area (Å²) in [7, 11) is 0. The van der Waals surface area contributed by atoms with Crippen molar-refractivity contribution in [3.63, 3.8) is 0 Å². The van der Waals surface area contributed by atoms with Gasteiger partial charge < -0.3 is 20.5 Å². The fraction of sp³-hybridized carbons (Fsp3) is 0.240. The van der Waals surface area contributed by atoms with Crippen LogP contribution in [0.2, 0.25) is 5.02 Å². The number of hydrogen-bond acceptors (Lipinski definition) is 6. The first-order chi connectivity index (χ1) is 16.4. The minimum Gasteiger partial charge on any atom is -0.445 e. The molecule has 0 aliphatic carbocycles. The van der Waals surface area contributed by atoms with Crippen molar-refractivity contribution in [2.75, 3.05) is 25.1 Å². The summed E-state index contributed by atoms with van der Waals surface area (Å²) in [6.07, 6.45) is 2.92. The summed E-state index contributed by atoms with van der Waals surface area (Å²) in [5.74, 6) is -0.401. The summed E-state index contributed by atoms with van der Waals surface area (Å²) in [6.45, 7) is 5.69. The van der Waals surface area contributed by atoms with Crippen molar-refractivity contribution in [3.8, 4) is 11.3 Å². The van der Waals surface area contributed by atoms with Gasteiger partial charge in [-0.15, -0.1) is 0 Å². The van der Waals surface area contributed by atoms with Crippen LogP contribution in [0.15, 0.2) is 61.3 Å². The maximum absolute atomic E-state index is 14.9. The number of halogens is 2. The van der Waals surface area contributed by atoms with E-state index < -0.39 is 11.9 Å². The van der Waals surface area contributed by atoms with Gasteiger partial charge in [-0.25, -0.2) is 19.2 Å². The number of amides is 1. The summed E-state index contributed by atoms with van der Waals surface area (Å²) in [5, 5.41) is 15.0. The number of nitrogens with one attached hydrogen (secondary N) is 2. The highest BCUT2D eigenvalue weighted by Crippen LogP contribution is 2.30. The normalized spacial score (nSPS) is 11.5. The molecule has 0 bridgehead atoms. The van der Waals surface area contributed by atoms with Gasteiger partial charge in [0.2, 0.25) is 5.95 Å². The highest BCUT2D eigenvalue weighted by atomic mass is 35.5. The molecule has 0 saturated heterocycles. The molecule has 3 aromatic rings. The van der Waals surface area contributed by atoms with Crippen LogP contribution in [0, 0.1) is 5.82 Å². The summed E-state index contributed by atoms with van der Waals surface area (Å²) in [4.78, 5) is 20.2. The molecule has 0 fully saturated rings. The zero-order valence-electron chi connectivity index (χ0n) is 18.7. The lowest BCUT2D eigenvalue weighted by molar-refractivity contribution is 0.158. The van der Waals surface area contributed by atoms with Gasteiger partial charge >= 0.3 is 6.09 Å². The predicted molar refractivity (Wildman–Crippen MR) is 131 cm³/mol. The Balaban J connectivity index is 1.73. The molecule has 178 valence electrons. The molecule has 0 spiro atoms. The molecule has 2 aromatic carbocycles. The fourth-order valence-electron chi connectivity index (χ4n) is 3.25. The third kappa shape index (κ3) is 6.76. The first kappa shape index (κ1) is 25.1. The lowest BCUT2D eigenvalue weighted by atomic mass is 9.98. The molecule has 3 N–H and O–H groups in total. The van der Waals surface area contributed by atoms with Crippen LogP contribution in [-0.2, 0) is 11.2 Å². The minimum absolute atomic E-state index is 0.0866. The van der Waals surface area contributed by atoms with Gasteiger partial charge in [-0.3, -0.25) is 0 Å². The second-order valence-electron chi connectivity index (χ2n) is 7.59. The summed E-state index contributed by atoms with van der Waals surface area (Å²) in [6, 6.07) is 12.3. The van der Waals surface area contributed by atoms with Gasteiger partial charge in [0, 0.05) is 30.3 Å². The standard InChI is InChI=1S/C25H26ClFN4O3/c1-3-12-34-25(33)29-14-16(2)20-9-6-18(13-22(20)27)23-21(26)15-28-24(31-23)30-19-7-4-17(5-8-19)10-11-32/h3-9,13,15-16,32H,1,10-12,14H2,2H3,(H,29,33)(H,28,30,31). The molecule has 0 aliphatic rings. The van der Waals surface area contributed by atoms with E-state index >= 15 is 0 Å². The lowest BCUT2D eigenvalue weighted by Crippen LogP contribution is -2.28. The van der Waals surface area contributed by atoms with Crippen molar-refractivity contribution < 1.29 is 19.0 Å². The van der Waals surface area contributed by atoms with E-state index in [1.165, 1.54) is 18.3 Å². The third-order valence-electron chi connectivity index (χ3n) is 5.04. The van der Waals surface area contributed by atoms with Crippen LogP contribution in [0.5, 0.6) is 0 Å². The summed E-state index contributed by atoms with van der Waals surface area (Å²) < 4.78 is 19.8. The molecule has 9 heteroatoms. The number of aliphatic hydroxyl groups excluding tert-OH is 1. The molecule has 1 aromatic heterocycles. The quantitative estimate of drug-likeness (QED) is 0.341. The average molecular weight is 485 g/mol. The summed E-state index contributed by atoms with van der Waals surface area (Å²) in [5.41, 5.74) is 3.11. The van der Waals surface area contributed by atoms with E-state index in [-0.39, 0.29) is 30.7 Å². The van der Waals surface area contributed by atoms with Crippen LogP contribution in [0.3, 0.4) is 0 Å². The van der Waals surface area contributed by atoms with Gasteiger partial charge in [-0.05, 0) is 35.7 Å². The first-order valence-electron chi connectivity index (χ1n) is 10.7. The Morgan fingerprint density at radius 3 is 2.74 bits per heavy atom. The average Bonchev–Trinajstić information content (AvgIpc) is 2.83. The largest absolute Gasteiger partial charge is 0.445 e. The fourth-order valence-corrected chi connectivity index (χ4v) is 3.45. The number of benzene rings is 2. The Morgan fingerprint density at radius 2 is 2.06 bits per heavy atom. The lowest BCUT2D eigenvalue weighted by Gasteiger charge is -2.15. The SMILES string of the molecule is C=CCOC(=O)NCC(C)c1ccc(-c2nc(Nc3ccc(CCO)cc3)ncc2Cl)cc1F. The molecule has 1 atom stereocenters. The zero-order chi connectivity index (χ0) is 24.5. The molecule has 1 unspecified atom stereocenters.